The lowest BCUT2D eigenvalue weighted by molar-refractivity contribution is 0.0540. The van der Waals surface area contributed by atoms with Gasteiger partial charge >= 0.3 is 6.09 Å². The Morgan fingerprint density at radius 3 is 2.13 bits per heavy atom. The van der Waals surface area contributed by atoms with E-state index in [0.717, 1.165) is 24.7 Å². The first kappa shape index (κ1) is 18.5. The molecule has 0 N–H and O–H groups in total. The van der Waals surface area contributed by atoms with Crippen LogP contribution in [-0.2, 0) is 4.74 Å². The molecule has 1 heterocycles. The van der Waals surface area contributed by atoms with Crippen LogP contribution in [-0.4, -0.2) is 23.4 Å². The quantitative estimate of drug-likeness (QED) is 0.481. The summed E-state index contributed by atoms with van der Waals surface area (Å²) in [4.78, 5) is 12.4. The topological polar surface area (TPSA) is 40.5 Å². The number of carbonyl (C=O) groups excluding carboxylic acids is 1. The van der Waals surface area contributed by atoms with Gasteiger partial charge in [0, 0.05) is 16.2 Å². The summed E-state index contributed by atoms with van der Waals surface area (Å²) in [5, 5.41) is 0. The molecule has 1 aromatic carbocycles. The maximum absolute atomic E-state index is 12.4. The lowest BCUT2D eigenvalue weighted by Gasteiger charge is -2.20. The number of ether oxygens (including phenoxy) is 2. The molecule has 124 valence electrons. The molecule has 0 saturated carbocycles. The first-order valence-corrected chi connectivity index (χ1v) is 9.15. The molecular weight excluding hydrogens is 494 g/mol. The summed E-state index contributed by atoms with van der Waals surface area (Å²) in [6.45, 7) is 5.51. The van der Waals surface area contributed by atoms with Gasteiger partial charge in [-0.15, -0.1) is 0 Å². The van der Waals surface area contributed by atoms with Crippen LogP contribution in [0.25, 0.3) is 11.3 Å². The average molecular weight is 510 g/mol. The van der Waals surface area contributed by atoms with Crippen molar-refractivity contribution in [2.24, 2.45) is 0 Å². The van der Waals surface area contributed by atoms with Gasteiger partial charge in [0.15, 0.2) is 0 Å². The highest BCUT2D eigenvalue weighted by molar-refractivity contribution is 9.11. The van der Waals surface area contributed by atoms with Gasteiger partial charge in [-0.05, 0) is 86.8 Å². The third-order valence-electron chi connectivity index (χ3n) is 2.87. The zero-order valence-corrected chi connectivity index (χ0v) is 17.9. The predicted molar refractivity (Wildman–Crippen MR) is 101 cm³/mol. The Morgan fingerprint density at radius 2 is 1.65 bits per heavy atom. The second-order valence-electron chi connectivity index (χ2n) is 5.87. The second-order valence-corrected chi connectivity index (χ2v) is 8.49. The Kier molecular flexibility index (Phi) is 5.63. The van der Waals surface area contributed by atoms with Gasteiger partial charge in [0.1, 0.15) is 11.4 Å². The zero-order valence-electron chi connectivity index (χ0n) is 13.1. The number of hydrogen-bond acceptors (Lipinski definition) is 3. The Balaban J connectivity index is 2.51. The smallest absolute Gasteiger partial charge is 0.419 e. The first-order valence-electron chi connectivity index (χ1n) is 6.77. The number of halogens is 3. The van der Waals surface area contributed by atoms with Crippen molar-refractivity contribution in [1.29, 1.82) is 0 Å². The lowest BCUT2D eigenvalue weighted by atomic mass is 10.1. The van der Waals surface area contributed by atoms with Gasteiger partial charge in [-0.25, -0.2) is 4.79 Å². The monoisotopic (exact) mass is 507 g/mol. The summed E-state index contributed by atoms with van der Waals surface area (Å²) in [7, 11) is 1.60. The number of rotatable bonds is 2. The number of carbonyl (C=O) groups is 1. The van der Waals surface area contributed by atoms with E-state index in [4.69, 9.17) is 9.47 Å². The van der Waals surface area contributed by atoms with Crippen molar-refractivity contribution in [3.63, 3.8) is 0 Å². The molecule has 0 aliphatic heterocycles. The predicted octanol–water partition coefficient (Wildman–Crippen LogP) is 6.23. The van der Waals surface area contributed by atoms with E-state index < -0.39 is 11.7 Å². The largest absolute Gasteiger partial charge is 0.494 e. The maximum atomic E-state index is 12.4. The number of aromatic nitrogens is 1. The summed E-state index contributed by atoms with van der Waals surface area (Å²) >= 11 is 10.4. The summed E-state index contributed by atoms with van der Waals surface area (Å²) in [6, 6.07) is 5.66. The van der Waals surface area contributed by atoms with E-state index in [9.17, 15) is 4.79 Å². The summed E-state index contributed by atoms with van der Waals surface area (Å²) in [6.07, 6.45) is 1.26. The minimum atomic E-state index is -0.563. The van der Waals surface area contributed by atoms with Crippen molar-refractivity contribution in [1.82, 2.24) is 4.57 Å². The Hall–Kier alpha value is -0.790. The molecule has 0 aliphatic rings. The molecule has 23 heavy (non-hydrogen) atoms. The number of nitrogens with zero attached hydrogens (tertiary/aromatic N) is 1. The Morgan fingerprint density at radius 1 is 1.09 bits per heavy atom. The summed E-state index contributed by atoms with van der Waals surface area (Å²) in [5.41, 5.74) is 1.00. The first-order chi connectivity index (χ1) is 10.6. The molecule has 0 amide bonds. The minimum Gasteiger partial charge on any atom is -0.494 e. The van der Waals surface area contributed by atoms with E-state index >= 15 is 0 Å². The van der Waals surface area contributed by atoms with Crippen LogP contribution in [0, 0.1) is 0 Å². The van der Waals surface area contributed by atoms with Gasteiger partial charge in [0.25, 0.3) is 0 Å². The molecule has 1 aromatic heterocycles. The molecule has 0 atom stereocenters. The normalized spacial score (nSPS) is 11.4. The molecule has 0 bridgehead atoms. The van der Waals surface area contributed by atoms with Gasteiger partial charge in [-0.2, -0.15) is 0 Å². The van der Waals surface area contributed by atoms with E-state index in [1.54, 1.807) is 13.3 Å². The Labute approximate surface area is 160 Å². The molecular formula is C16H16Br3NO3. The highest BCUT2D eigenvalue weighted by Gasteiger charge is 2.21. The van der Waals surface area contributed by atoms with E-state index in [0.29, 0.717) is 5.75 Å². The number of methoxy groups -OCH3 is 1. The summed E-state index contributed by atoms with van der Waals surface area (Å²) in [5.74, 6) is 0.697. The van der Waals surface area contributed by atoms with Crippen molar-refractivity contribution in [2.75, 3.05) is 7.11 Å². The Bertz CT molecular complexity index is 725. The van der Waals surface area contributed by atoms with Crippen molar-refractivity contribution in [3.8, 4) is 17.0 Å². The van der Waals surface area contributed by atoms with Crippen LogP contribution >= 0.6 is 47.8 Å². The van der Waals surface area contributed by atoms with Crippen LogP contribution in [0.4, 0.5) is 4.79 Å². The molecule has 0 radical (unpaired) electrons. The zero-order chi connectivity index (χ0) is 17.4. The van der Waals surface area contributed by atoms with E-state index in [1.807, 2.05) is 39.0 Å². The summed E-state index contributed by atoms with van der Waals surface area (Å²) < 4.78 is 14.6. The highest BCUT2D eigenvalue weighted by Crippen LogP contribution is 2.38. The van der Waals surface area contributed by atoms with Gasteiger partial charge < -0.3 is 9.47 Å². The molecule has 4 nitrogen and oxygen atoms in total. The van der Waals surface area contributed by atoms with Gasteiger partial charge in [-0.3, -0.25) is 4.57 Å². The van der Waals surface area contributed by atoms with Crippen LogP contribution in [0.3, 0.4) is 0 Å². The molecule has 7 heteroatoms. The SMILES string of the molecule is COc1c(Br)cc(-c2cc(Br)cn2C(=O)OC(C)(C)C)cc1Br. The van der Waals surface area contributed by atoms with Gasteiger partial charge in [-0.1, -0.05) is 0 Å². The lowest BCUT2D eigenvalue weighted by Crippen LogP contribution is -2.27. The van der Waals surface area contributed by atoms with Crippen LogP contribution < -0.4 is 4.74 Å². The molecule has 0 fully saturated rings. The van der Waals surface area contributed by atoms with Crippen molar-refractivity contribution >= 4 is 53.9 Å². The fraction of sp³-hybridized carbons (Fsp3) is 0.312. The van der Waals surface area contributed by atoms with Gasteiger partial charge in [0.2, 0.25) is 0 Å². The number of benzene rings is 1. The van der Waals surface area contributed by atoms with Gasteiger partial charge in [0.05, 0.1) is 21.7 Å². The standard InChI is InChI=1S/C16H16Br3NO3/c1-16(2,3)23-15(21)20-8-10(17)7-13(20)9-5-11(18)14(22-4)12(19)6-9/h5-8H,1-4H3. The van der Waals surface area contributed by atoms with E-state index in [2.05, 4.69) is 47.8 Å². The van der Waals surface area contributed by atoms with Crippen LogP contribution in [0.15, 0.2) is 37.8 Å². The second kappa shape index (κ2) is 6.99. The van der Waals surface area contributed by atoms with Crippen molar-refractivity contribution in [3.05, 3.63) is 37.8 Å². The molecule has 0 spiro atoms. The van der Waals surface area contributed by atoms with E-state index in [-0.39, 0.29) is 0 Å². The molecule has 0 aliphatic carbocycles. The minimum absolute atomic E-state index is 0.429. The molecule has 0 saturated heterocycles. The van der Waals surface area contributed by atoms with Crippen molar-refractivity contribution < 1.29 is 14.3 Å². The average Bonchev–Trinajstić information content (AvgIpc) is 2.78. The van der Waals surface area contributed by atoms with Crippen molar-refractivity contribution in [2.45, 2.75) is 26.4 Å². The highest BCUT2D eigenvalue weighted by atomic mass is 79.9. The third kappa shape index (κ3) is 4.39. The third-order valence-corrected chi connectivity index (χ3v) is 4.49. The van der Waals surface area contributed by atoms with Crippen LogP contribution in [0.5, 0.6) is 5.75 Å². The fourth-order valence-electron chi connectivity index (χ4n) is 2.02. The van der Waals surface area contributed by atoms with E-state index in [1.165, 1.54) is 4.57 Å². The fourth-order valence-corrected chi connectivity index (χ4v) is 3.95. The van der Waals surface area contributed by atoms with Crippen LogP contribution in [0.1, 0.15) is 20.8 Å². The molecule has 2 aromatic rings. The molecule has 2 rings (SSSR count). The maximum Gasteiger partial charge on any atom is 0.419 e. The van der Waals surface area contributed by atoms with Crippen LogP contribution in [0.2, 0.25) is 0 Å². The molecule has 0 unspecified atom stereocenters. The number of hydrogen-bond donors (Lipinski definition) is 0.